The molecule has 3 N–H and O–H groups in total. The van der Waals surface area contributed by atoms with Crippen LogP contribution < -0.4 is 25.4 Å². The molecule has 2 aromatic rings. The van der Waals surface area contributed by atoms with Crippen molar-refractivity contribution in [3.05, 3.63) is 48.0 Å². The summed E-state index contributed by atoms with van der Waals surface area (Å²) in [5.41, 5.74) is 9.22. The fourth-order valence-corrected chi connectivity index (χ4v) is 2.53. The van der Waals surface area contributed by atoms with Crippen LogP contribution >= 0.6 is 24.0 Å². The molecule has 0 bridgehead atoms. The third kappa shape index (κ3) is 7.16. The quantitative estimate of drug-likeness (QED) is 0.259. The summed E-state index contributed by atoms with van der Waals surface area (Å²) >= 11 is 0. The van der Waals surface area contributed by atoms with Gasteiger partial charge in [0, 0.05) is 32.4 Å². The summed E-state index contributed by atoms with van der Waals surface area (Å²) in [6, 6.07) is 14.1. The third-order valence-electron chi connectivity index (χ3n) is 4.03. The first-order valence-corrected chi connectivity index (χ1v) is 8.58. The number of guanidine groups is 1. The van der Waals surface area contributed by atoms with Crippen LogP contribution in [0.1, 0.15) is 12.0 Å². The molecule has 2 rings (SSSR count). The van der Waals surface area contributed by atoms with E-state index in [0.717, 1.165) is 24.3 Å². The normalized spacial score (nSPS) is 10.7. The molecule has 0 aliphatic heterocycles. The number of benzene rings is 2. The summed E-state index contributed by atoms with van der Waals surface area (Å²) in [6.45, 7) is 0.653. The zero-order chi connectivity index (χ0) is 18.9. The molecule has 0 fully saturated rings. The molecular formula is C20H29IN4O2. The number of methoxy groups -OCH3 is 2. The first-order valence-electron chi connectivity index (χ1n) is 8.58. The Hall–Kier alpha value is -2.16. The van der Waals surface area contributed by atoms with Crippen molar-refractivity contribution < 1.29 is 9.47 Å². The Bertz CT molecular complexity index is 733. The van der Waals surface area contributed by atoms with Crippen LogP contribution in [0.2, 0.25) is 0 Å². The molecular weight excluding hydrogens is 455 g/mol. The summed E-state index contributed by atoms with van der Waals surface area (Å²) in [6.07, 6.45) is 1.89. The van der Waals surface area contributed by atoms with E-state index in [9.17, 15) is 0 Å². The summed E-state index contributed by atoms with van der Waals surface area (Å²) in [4.78, 5) is 6.48. The number of hydrogen-bond acceptors (Lipinski definition) is 4. The maximum absolute atomic E-state index is 5.99. The second kappa shape index (κ2) is 11.5. The molecule has 0 atom stereocenters. The van der Waals surface area contributed by atoms with Crippen LogP contribution in [-0.2, 0) is 6.42 Å². The van der Waals surface area contributed by atoms with Crippen LogP contribution in [0.4, 0.5) is 11.4 Å². The Morgan fingerprint density at radius 3 is 2.37 bits per heavy atom. The molecule has 0 radical (unpaired) electrons. The van der Waals surface area contributed by atoms with Gasteiger partial charge >= 0.3 is 0 Å². The van der Waals surface area contributed by atoms with Crippen LogP contribution in [0.3, 0.4) is 0 Å². The summed E-state index contributed by atoms with van der Waals surface area (Å²) in [5, 5.41) is 3.07. The fourth-order valence-electron chi connectivity index (χ4n) is 2.53. The molecule has 0 saturated heterocycles. The molecule has 0 spiro atoms. The minimum absolute atomic E-state index is 0. The molecule has 0 saturated carbocycles. The maximum Gasteiger partial charge on any atom is 0.193 e. The van der Waals surface area contributed by atoms with E-state index in [0.29, 0.717) is 18.3 Å². The number of aryl methyl sites for hydroxylation is 1. The topological polar surface area (TPSA) is 72.1 Å². The van der Waals surface area contributed by atoms with Crippen LogP contribution in [0.25, 0.3) is 0 Å². The number of hydrogen-bond donors (Lipinski definition) is 2. The van der Waals surface area contributed by atoms with Gasteiger partial charge in [0.1, 0.15) is 11.5 Å². The highest BCUT2D eigenvalue weighted by Gasteiger charge is 2.06. The molecule has 27 heavy (non-hydrogen) atoms. The van der Waals surface area contributed by atoms with Gasteiger partial charge in [0.2, 0.25) is 0 Å². The lowest BCUT2D eigenvalue weighted by atomic mass is 10.1. The van der Waals surface area contributed by atoms with E-state index >= 15 is 0 Å². The number of nitrogens with zero attached hydrogens (tertiary/aromatic N) is 2. The van der Waals surface area contributed by atoms with Crippen LogP contribution in [-0.4, -0.2) is 40.8 Å². The highest BCUT2D eigenvalue weighted by Crippen LogP contribution is 2.28. The van der Waals surface area contributed by atoms with Crippen molar-refractivity contribution >= 4 is 41.3 Å². The molecule has 2 aromatic carbocycles. The summed E-state index contributed by atoms with van der Waals surface area (Å²) in [5.74, 6) is 1.77. The van der Waals surface area contributed by atoms with Gasteiger partial charge in [0.15, 0.2) is 5.96 Å². The smallest absolute Gasteiger partial charge is 0.193 e. The van der Waals surface area contributed by atoms with E-state index in [2.05, 4.69) is 39.5 Å². The number of halogens is 1. The number of ether oxygens (including phenoxy) is 2. The Morgan fingerprint density at radius 2 is 1.78 bits per heavy atom. The third-order valence-corrected chi connectivity index (χ3v) is 4.03. The van der Waals surface area contributed by atoms with Crippen molar-refractivity contribution in [3.63, 3.8) is 0 Å². The molecule has 0 amide bonds. The molecule has 0 aliphatic rings. The van der Waals surface area contributed by atoms with Crippen molar-refractivity contribution in [1.29, 1.82) is 0 Å². The van der Waals surface area contributed by atoms with Crippen molar-refractivity contribution in [2.24, 2.45) is 10.7 Å². The zero-order valence-corrected chi connectivity index (χ0v) is 18.7. The average Bonchev–Trinajstić information content (AvgIpc) is 2.65. The summed E-state index contributed by atoms with van der Waals surface area (Å²) < 4.78 is 10.6. The Balaban J connectivity index is 0.00000364. The largest absolute Gasteiger partial charge is 0.497 e. The van der Waals surface area contributed by atoms with Gasteiger partial charge in [-0.1, -0.05) is 12.1 Å². The molecule has 148 valence electrons. The first-order chi connectivity index (χ1) is 12.5. The fraction of sp³-hybridized carbons (Fsp3) is 0.350. The highest BCUT2D eigenvalue weighted by atomic mass is 127. The summed E-state index contributed by atoms with van der Waals surface area (Å²) in [7, 11) is 7.31. The number of nitrogens with two attached hydrogens (primary N) is 1. The van der Waals surface area contributed by atoms with Crippen molar-refractivity contribution in [3.8, 4) is 11.5 Å². The SMILES string of the molecule is COc1ccc(OC)c(NC(N)=NCCCc2ccc(N(C)C)cc2)c1.I. The van der Waals surface area contributed by atoms with Crippen LogP contribution in [0.15, 0.2) is 47.5 Å². The molecule has 0 aromatic heterocycles. The standard InChI is InChI=1S/C20H28N4O2.HI/c1-24(2)16-9-7-15(8-10-16)6-5-13-22-20(21)23-18-14-17(25-3)11-12-19(18)26-4;/h7-12,14H,5-6,13H2,1-4H3,(H3,21,22,23);1H. The van der Waals surface area contributed by atoms with Crippen molar-refractivity contribution in [2.45, 2.75) is 12.8 Å². The van der Waals surface area contributed by atoms with Gasteiger partial charge in [-0.25, -0.2) is 0 Å². The Morgan fingerprint density at radius 1 is 1.07 bits per heavy atom. The molecule has 6 nitrogen and oxygen atoms in total. The lowest BCUT2D eigenvalue weighted by molar-refractivity contribution is 0.405. The second-order valence-electron chi connectivity index (χ2n) is 6.12. The first kappa shape index (κ1) is 22.9. The average molecular weight is 484 g/mol. The number of anilines is 2. The Kier molecular flexibility index (Phi) is 9.77. The van der Waals surface area contributed by atoms with E-state index in [1.807, 2.05) is 32.3 Å². The lowest BCUT2D eigenvalue weighted by Crippen LogP contribution is -2.23. The van der Waals surface area contributed by atoms with E-state index in [1.165, 1.54) is 11.3 Å². The van der Waals surface area contributed by atoms with Crippen LogP contribution in [0, 0.1) is 0 Å². The minimum atomic E-state index is 0. The van der Waals surface area contributed by atoms with Crippen molar-refractivity contribution in [1.82, 2.24) is 0 Å². The zero-order valence-electron chi connectivity index (χ0n) is 16.4. The monoisotopic (exact) mass is 484 g/mol. The van der Waals surface area contributed by atoms with Gasteiger partial charge in [-0.2, -0.15) is 0 Å². The van der Waals surface area contributed by atoms with Gasteiger partial charge in [-0.15, -0.1) is 24.0 Å². The van der Waals surface area contributed by atoms with Gasteiger partial charge in [0.25, 0.3) is 0 Å². The van der Waals surface area contributed by atoms with Gasteiger partial charge < -0.3 is 25.4 Å². The number of nitrogens with one attached hydrogen (secondary N) is 1. The van der Waals surface area contributed by atoms with E-state index in [4.69, 9.17) is 15.2 Å². The molecule has 0 unspecified atom stereocenters. The van der Waals surface area contributed by atoms with Gasteiger partial charge in [0.05, 0.1) is 19.9 Å². The van der Waals surface area contributed by atoms with E-state index in [-0.39, 0.29) is 24.0 Å². The second-order valence-corrected chi connectivity index (χ2v) is 6.12. The number of aliphatic imine (C=N–C) groups is 1. The molecule has 0 aliphatic carbocycles. The predicted molar refractivity (Wildman–Crippen MR) is 124 cm³/mol. The molecule has 7 heteroatoms. The van der Waals surface area contributed by atoms with E-state index in [1.54, 1.807) is 14.2 Å². The predicted octanol–water partition coefficient (Wildman–Crippen LogP) is 3.75. The maximum atomic E-state index is 5.99. The highest BCUT2D eigenvalue weighted by molar-refractivity contribution is 14.0. The van der Waals surface area contributed by atoms with Gasteiger partial charge in [-0.05, 0) is 42.7 Å². The van der Waals surface area contributed by atoms with Crippen LogP contribution in [0.5, 0.6) is 11.5 Å². The number of rotatable bonds is 8. The van der Waals surface area contributed by atoms with E-state index < -0.39 is 0 Å². The Labute approximate surface area is 178 Å². The minimum Gasteiger partial charge on any atom is -0.497 e. The molecule has 0 heterocycles. The lowest BCUT2D eigenvalue weighted by Gasteiger charge is -2.13. The van der Waals surface area contributed by atoms with Crippen molar-refractivity contribution in [2.75, 3.05) is 45.1 Å². The van der Waals surface area contributed by atoms with Gasteiger partial charge in [-0.3, -0.25) is 4.99 Å².